The monoisotopic (exact) mass is 315 g/mol. The van der Waals surface area contributed by atoms with E-state index in [1.54, 1.807) is 13.2 Å². The second kappa shape index (κ2) is 5.91. The summed E-state index contributed by atoms with van der Waals surface area (Å²) < 4.78 is 28.2. The quantitative estimate of drug-likeness (QED) is 0.805. The molecule has 3 aromatic heterocycles. The molecule has 0 aromatic carbocycles. The Kier molecular flexibility index (Phi) is 3.80. The molecule has 0 aliphatic carbocycles. The van der Waals surface area contributed by atoms with E-state index in [0.717, 1.165) is 12.4 Å². The van der Waals surface area contributed by atoms with Gasteiger partial charge in [-0.2, -0.15) is 5.10 Å². The zero-order valence-corrected chi connectivity index (χ0v) is 12.0. The molecule has 1 N–H and O–H groups in total. The predicted octanol–water partition coefficient (Wildman–Crippen LogP) is 2.41. The summed E-state index contributed by atoms with van der Waals surface area (Å²) in [4.78, 5) is 19.6. The third-order valence-electron chi connectivity index (χ3n) is 3.07. The summed E-state index contributed by atoms with van der Waals surface area (Å²) in [7, 11) is 1.70. The van der Waals surface area contributed by atoms with E-state index in [9.17, 15) is 13.6 Å². The lowest BCUT2D eigenvalue weighted by Crippen LogP contribution is -2.15. The molecule has 116 valence electrons. The van der Waals surface area contributed by atoms with E-state index < -0.39 is 17.5 Å². The van der Waals surface area contributed by atoms with Crippen LogP contribution in [0.5, 0.6) is 0 Å². The maximum absolute atomic E-state index is 13.9. The van der Waals surface area contributed by atoms with Gasteiger partial charge in [-0.3, -0.25) is 9.48 Å². The standard InChI is InChI=1S/C15H11F2N5O/c1-22-8-9(5-20-22)11-4-13(18-7-12(11)17)15(23)21-14-3-2-10(16)6-19-14/h2-8H,1H3,(H,19,21,23). The van der Waals surface area contributed by atoms with Crippen LogP contribution in [0, 0.1) is 11.6 Å². The van der Waals surface area contributed by atoms with E-state index in [2.05, 4.69) is 20.4 Å². The number of amides is 1. The third-order valence-corrected chi connectivity index (χ3v) is 3.07. The van der Waals surface area contributed by atoms with Gasteiger partial charge in [0.15, 0.2) is 0 Å². The fourth-order valence-corrected chi connectivity index (χ4v) is 1.97. The number of aromatic nitrogens is 4. The molecule has 8 heteroatoms. The van der Waals surface area contributed by atoms with Crippen LogP contribution in [-0.4, -0.2) is 25.7 Å². The Morgan fingerprint density at radius 2 is 2.00 bits per heavy atom. The summed E-state index contributed by atoms with van der Waals surface area (Å²) in [6, 6.07) is 3.81. The second-order valence-electron chi connectivity index (χ2n) is 4.77. The molecule has 0 bridgehead atoms. The van der Waals surface area contributed by atoms with Crippen molar-refractivity contribution in [3.8, 4) is 11.1 Å². The van der Waals surface area contributed by atoms with Crippen molar-refractivity contribution in [2.24, 2.45) is 7.05 Å². The minimum absolute atomic E-state index is 0.0105. The summed E-state index contributed by atoms with van der Waals surface area (Å²) in [6.45, 7) is 0. The molecule has 0 saturated heterocycles. The first kappa shape index (κ1) is 14.8. The number of carbonyl (C=O) groups excluding carboxylic acids is 1. The molecule has 0 aliphatic heterocycles. The Morgan fingerprint density at radius 3 is 2.65 bits per heavy atom. The van der Waals surface area contributed by atoms with Crippen LogP contribution in [0.15, 0.2) is 43.0 Å². The van der Waals surface area contributed by atoms with Crippen LogP contribution in [0.4, 0.5) is 14.6 Å². The number of carbonyl (C=O) groups is 1. The van der Waals surface area contributed by atoms with Crippen LogP contribution < -0.4 is 5.32 Å². The first-order valence-electron chi connectivity index (χ1n) is 6.60. The van der Waals surface area contributed by atoms with Gasteiger partial charge < -0.3 is 5.32 Å². The highest BCUT2D eigenvalue weighted by Crippen LogP contribution is 2.22. The second-order valence-corrected chi connectivity index (χ2v) is 4.77. The third kappa shape index (κ3) is 3.20. The summed E-state index contributed by atoms with van der Waals surface area (Å²) in [5, 5.41) is 6.43. The van der Waals surface area contributed by atoms with Crippen molar-refractivity contribution in [1.82, 2.24) is 19.7 Å². The number of pyridine rings is 2. The van der Waals surface area contributed by atoms with Crippen molar-refractivity contribution < 1.29 is 13.6 Å². The highest BCUT2D eigenvalue weighted by Gasteiger charge is 2.14. The Bertz CT molecular complexity index is 861. The molecular weight excluding hydrogens is 304 g/mol. The van der Waals surface area contributed by atoms with Crippen molar-refractivity contribution in [3.63, 3.8) is 0 Å². The fourth-order valence-electron chi connectivity index (χ4n) is 1.97. The lowest BCUT2D eigenvalue weighted by atomic mass is 10.1. The number of nitrogens with zero attached hydrogens (tertiary/aromatic N) is 4. The van der Waals surface area contributed by atoms with Gasteiger partial charge in [-0.05, 0) is 18.2 Å². The van der Waals surface area contributed by atoms with E-state index in [1.807, 2.05) is 0 Å². The lowest BCUT2D eigenvalue weighted by Gasteiger charge is -2.06. The SMILES string of the molecule is Cn1cc(-c2cc(C(=O)Nc3ccc(F)cn3)ncc2F)cn1. The number of anilines is 1. The average Bonchev–Trinajstić information content (AvgIpc) is 2.96. The number of hydrogen-bond donors (Lipinski definition) is 1. The molecule has 3 aromatic rings. The minimum atomic E-state index is -0.575. The average molecular weight is 315 g/mol. The molecule has 6 nitrogen and oxygen atoms in total. The maximum Gasteiger partial charge on any atom is 0.275 e. The van der Waals surface area contributed by atoms with Crippen molar-refractivity contribution in [2.45, 2.75) is 0 Å². The number of rotatable bonds is 3. The normalized spacial score (nSPS) is 10.6. The van der Waals surface area contributed by atoms with Crippen molar-refractivity contribution in [3.05, 3.63) is 60.3 Å². The van der Waals surface area contributed by atoms with Crippen molar-refractivity contribution >= 4 is 11.7 Å². The summed E-state index contributed by atoms with van der Waals surface area (Å²) in [5.41, 5.74) is 0.753. The Hall–Kier alpha value is -3.16. The smallest absolute Gasteiger partial charge is 0.275 e. The van der Waals surface area contributed by atoms with Crippen molar-refractivity contribution in [1.29, 1.82) is 0 Å². The van der Waals surface area contributed by atoms with Gasteiger partial charge in [0.2, 0.25) is 0 Å². The molecule has 1 amide bonds. The minimum Gasteiger partial charge on any atom is -0.305 e. The number of hydrogen-bond acceptors (Lipinski definition) is 4. The zero-order valence-electron chi connectivity index (χ0n) is 12.0. The summed E-state index contributed by atoms with van der Waals surface area (Å²) in [6.07, 6.45) is 5.06. The van der Waals surface area contributed by atoms with Crippen LogP contribution in [0.3, 0.4) is 0 Å². The Balaban J connectivity index is 1.88. The Morgan fingerprint density at radius 1 is 1.17 bits per heavy atom. The van der Waals surface area contributed by atoms with Crippen molar-refractivity contribution in [2.75, 3.05) is 5.32 Å². The molecule has 23 heavy (non-hydrogen) atoms. The molecular formula is C15H11F2N5O. The van der Waals surface area contributed by atoms with E-state index >= 15 is 0 Å². The maximum atomic E-state index is 13.9. The number of nitrogens with one attached hydrogen (secondary N) is 1. The number of halogens is 2. The van der Waals surface area contributed by atoms with Crippen LogP contribution >= 0.6 is 0 Å². The highest BCUT2D eigenvalue weighted by atomic mass is 19.1. The van der Waals surface area contributed by atoms with E-state index in [-0.39, 0.29) is 17.1 Å². The Labute approximate surface area is 129 Å². The largest absolute Gasteiger partial charge is 0.305 e. The number of aryl methyl sites for hydroxylation is 1. The molecule has 0 radical (unpaired) electrons. The molecule has 0 spiro atoms. The van der Waals surface area contributed by atoms with Gasteiger partial charge in [0.25, 0.3) is 5.91 Å². The predicted molar refractivity (Wildman–Crippen MR) is 78.5 cm³/mol. The summed E-state index contributed by atoms with van der Waals surface area (Å²) >= 11 is 0. The van der Waals surface area contributed by atoms with Gasteiger partial charge >= 0.3 is 0 Å². The highest BCUT2D eigenvalue weighted by molar-refractivity contribution is 6.02. The van der Waals surface area contributed by atoms with E-state index in [4.69, 9.17) is 0 Å². The van der Waals surface area contributed by atoms with Gasteiger partial charge in [-0.1, -0.05) is 0 Å². The lowest BCUT2D eigenvalue weighted by molar-refractivity contribution is 0.102. The molecule has 0 fully saturated rings. The van der Waals surface area contributed by atoms with Crippen LogP contribution in [0.1, 0.15) is 10.5 Å². The van der Waals surface area contributed by atoms with Crippen LogP contribution in [0.2, 0.25) is 0 Å². The molecule has 0 saturated carbocycles. The summed E-state index contributed by atoms with van der Waals surface area (Å²) in [5.74, 6) is -1.48. The van der Waals surface area contributed by atoms with Crippen LogP contribution in [-0.2, 0) is 7.05 Å². The van der Waals surface area contributed by atoms with Gasteiger partial charge in [0, 0.05) is 24.4 Å². The van der Waals surface area contributed by atoms with Gasteiger partial charge in [0.05, 0.1) is 18.6 Å². The zero-order chi connectivity index (χ0) is 16.4. The topological polar surface area (TPSA) is 72.7 Å². The first-order chi connectivity index (χ1) is 11.0. The van der Waals surface area contributed by atoms with E-state index in [1.165, 1.54) is 29.1 Å². The fraction of sp³-hybridized carbons (Fsp3) is 0.0667. The molecule has 0 unspecified atom stereocenters. The first-order valence-corrected chi connectivity index (χ1v) is 6.60. The van der Waals surface area contributed by atoms with Gasteiger partial charge in [0.1, 0.15) is 23.1 Å². The van der Waals surface area contributed by atoms with Crippen LogP contribution in [0.25, 0.3) is 11.1 Å². The van der Waals surface area contributed by atoms with E-state index in [0.29, 0.717) is 5.56 Å². The van der Waals surface area contributed by atoms with Gasteiger partial charge in [-0.15, -0.1) is 0 Å². The molecule has 0 aliphatic rings. The molecule has 3 rings (SSSR count). The molecule has 0 atom stereocenters. The molecule has 3 heterocycles. The van der Waals surface area contributed by atoms with Gasteiger partial charge in [-0.25, -0.2) is 18.7 Å².